The summed E-state index contributed by atoms with van der Waals surface area (Å²) in [6, 6.07) is 7.65. The fraction of sp³-hybridized carbons (Fsp3) is 0.538. The lowest BCUT2D eigenvalue weighted by molar-refractivity contribution is 0.163. The summed E-state index contributed by atoms with van der Waals surface area (Å²) in [6.45, 7) is 2.16. The van der Waals surface area contributed by atoms with Gasteiger partial charge in [-0.05, 0) is 24.1 Å². The van der Waals surface area contributed by atoms with Crippen LogP contribution in [0, 0.1) is 0 Å². The van der Waals surface area contributed by atoms with Crippen molar-refractivity contribution in [3.05, 3.63) is 29.8 Å². The number of benzene rings is 1. The zero-order valence-corrected chi connectivity index (χ0v) is 9.57. The Morgan fingerprint density at radius 2 is 2.13 bits per heavy atom. The van der Waals surface area contributed by atoms with Crippen LogP contribution < -0.4 is 4.74 Å². The Labute approximate surface area is 91.9 Å². The van der Waals surface area contributed by atoms with Crippen LogP contribution in [0.4, 0.5) is 0 Å². The summed E-state index contributed by atoms with van der Waals surface area (Å²) in [6.07, 6.45) is 3.92. The highest BCUT2D eigenvalue weighted by Crippen LogP contribution is 2.23. The number of ether oxygens (including phenoxy) is 1. The second-order valence-corrected chi connectivity index (χ2v) is 3.79. The van der Waals surface area contributed by atoms with E-state index in [-0.39, 0.29) is 6.10 Å². The molecule has 0 aliphatic rings. The molecule has 0 saturated carbocycles. The van der Waals surface area contributed by atoms with Gasteiger partial charge in [0.15, 0.2) is 0 Å². The molecule has 0 aliphatic heterocycles. The highest BCUT2D eigenvalue weighted by atomic mass is 16.5. The summed E-state index contributed by atoms with van der Waals surface area (Å²) < 4.78 is 5.12. The van der Waals surface area contributed by atoms with Crippen molar-refractivity contribution in [3.63, 3.8) is 0 Å². The first-order chi connectivity index (χ1) is 7.27. The van der Waals surface area contributed by atoms with E-state index in [0.717, 1.165) is 24.2 Å². The second-order valence-electron chi connectivity index (χ2n) is 3.79. The van der Waals surface area contributed by atoms with Gasteiger partial charge < -0.3 is 9.84 Å². The van der Waals surface area contributed by atoms with Gasteiger partial charge in [0, 0.05) is 0 Å². The average molecular weight is 208 g/mol. The van der Waals surface area contributed by atoms with Gasteiger partial charge in [-0.3, -0.25) is 0 Å². The standard InChI is InChI=1S/C13H20O2/c1-3-4-5-9-13(14)11-7-6-8-12(10-11)15-2/h6-8,10,13-14H,3-5,9H2,1-2H3/t13-/m1/s1. The van der Waals surface area contributed by atoms with Crippen molar-refractivity contribution < 1.29 is 9.84 Å². The molecular weight excluding hydrogens is 188 g/mol. The molecule has 1 aromatic rings. The van der Waals surface area contributed by atoms with Gasteiger partial charge in [-0.2, -0.15) is 0 Å². The third-order valence-electron chi connectivity index (χ3n) is 2.56. The quantitative estimate of drug-likeness (QED) is 0.727. The molecule has 0 unspecified atom stereocenters. The van der Waals surface area contributed by atoms with Gasteiger partial charge in [-0.15, -0.1) is 0 Å². The molecular formula is C13H20O2. The molecule has 1 atom stereocenters. The molecule has 84 valence electrons. The van der Waals surface area contributed by atoms with Crippen LogP contribution in [0.15, 0.2) is 24.3 Å². The van der Waals surface area contributed by atoms with E-state index in [0.29, 0.717) is 0 Å². The van der Waals surface area contributed by atoms with Crippen LogP contribution in [0.25, 0.3) is 0 Å². The zero-order chi connectivity index (χ0) is 11.1. The van der Waals surface area contributed by atoms with Gasteiger partial charge >= 0.3 is 0 Å². The van der Waals surface area contributed by atoms with Crippen molar-refractivity contribution in [1.82, 2.24) is 0 Å². The summed E-state index contributed by atoms with van der Waals surface area (Å²) in [5.41, 5.74) is 0.949. The smallest absolute Gasteiger partial charge is 0.119 e. The molecule has 0 bridgehead atoms. The molecule has 0 spiro atoms. The van der Waals surface area contributed by atoms with E-state index >= 15 is 0 Å². The van der Waals surface area contributed by atoms with Gasteiger partial charge in [0.05, 0.1) is 13.2 Å². The minimum Gasteiger partial charge on any atom is -0.497 e. The Hall–Kier alpha value is -1.02. The highest BCUT2D eigenvalue weighted by molar-refractivity contribution is 5.29. The molecule has 15 heavy (non-hydrogen) atoms. The van der Waals surface area contributed by atoms with Crippen LogP contribution in [-0.4, -0.2) is 12.2 Å². The van der Waals surface area contributed by atoms with Crippen molar-refractivity contribution in [1.29, 1.82) is 0 Å². The van der Waals surface area contributed by atoms with Crippen LogP contribution >= 0.6 is 0 Å². The predicted octanol–water partition coefficient (Wildman–Crippen LogP) is 3.31. The number of hydrogen-bond donors (Lipinski definition) is 1. The SMILES string of the molecule is CCCCC[C@@H](O)c1cccc(OC)c1. The molecule has 0 aromatic heterocycles. The van der Waals surface area contributed by atoms with Gasteiger partial charge in [0.2, 0.25) is 0 Å². The number of hydrogen-bond acceptors (Lipinski definition) is 2. The average Bonchev–Trinajstić information content (AvgIpc) is 2.29. The normalized spacial score (nSPS) is 12.5. The Kier molecular flexibility index (Phi) is 5.19. The molecule has 0 radical (unpaired) electrons. The maximum atomic E-state index is 9.91. The molecule has 1 N–H and O–H groups in total. The summed E-state index contributed by atoms with van der Waals surface area (Å²) in [5.74, 6) is 0.807. The lowest BCUT2D eigenvalue weighted by atomic mass is 10.0. The van der Waals surface area contributed by atoms with Crippen LogP contribution in [-0.2, 0) is 0 Å². The Morgan fingerprint density at radius 3 is 2.80 bits per heavy atom. The Morgan fingerprint density at radius 1 is 1.33 bits per heavy atom. The minimum atomic E-state index is -0.355. The molecule has 0 aliphatic carbocycles. The highest BCUT2D eigenvalue weighted by Gasteiger charge is 2.07. The van der Waals surface area contributed by atoms with Crippen molar-refractivity contribution in [2.75, 3.05) is 7.11 Å². The first-order valence-electron chi connectivity index (χ1n) is 5.60. The van der Waals surface area contributed by atoms with E-state index in [1.165, 1.54) is 12.8 Å². The van der Waals surface area contributed by atoms with Crippen LogP contribution in [0.3, 0.4) is 0 Å². The predicted molar refractivity (Wildman–Crippen MR) is 62.1 cm³/mol. The van der Waals surface area contributed by atoms with Gasteiger partial charge in [-0.1, -0.05) is 38.3 Å². The van der Waals surface area contributed by atoms with E-state index in [1.807, 2.05) is 24.3 Å². The number of unbranched alkanes of at least 4 members (excludes halogenated alkanes) is 2. The summed E-state index contributed by atoms with van der Waals surface area (Å²) in [5, 5.41) is 9.91. The molecule has 0 saturated heterocycles. The van der Waals surface area contributed by atoms with Crippen molar-refractivity contribution in [2.24, 2.45) is 0 Å². The molecule has 2 heteroatoms. The molecule has 1 aromatic carbocycles. The van der Waals surface area contributed by atoms with Gasteiger partial charge in [-0.25, -0.2) is 0 Å². The molecule has 1 rings (SSSR count). The third-order valence-corrected chi connectivity index (χ3v) is 2.56. The number of aliphatic hydroxyl groups excluding tert-OH is 1. The monoisotopic (exact) mass is 208 g/mol. The molecule has 0 heterocycles. The topological polar surface area (TPSA) is 29.5 Å². The fourth-order valence-electron chi connectivity index (χ4n) is 1.60. The number of methoxy groups -OCH3 is 1. The van der Waals surface area contributed by atoms with E-state index in [2.05, 4.69) is 6.92 Å². The molecule has 0 amide bonds. The first-order valence-corrected chi connectivity index (χ1v) is 5.60. The largest absolute Gasteiger partial charge is 0.497 e. The van der Waals surface area contributed by atoms with Crippen molar-refractivity contribution in [3.8, 4) is 5.75 Å². The van der Waals surface area contributed by atoms with Crippen LogP contribution in [0.5, 0.6) is 5.75 Å². The maximum absolute atomic E-state index is 9.91. The summed E-state index contributed by atoms with van der Waals surface area (Å²) in [7, 11) is 1.64. The lowest BCUT2D eigenvalue weighted by Gasteiger charge is -2.11. The zero-order valence-electron chi connectivity index (χ0n) is 9.57. The van der Waals surface area contributed by atoms with E-state index in [9.17, 15) is 5.11 Å². The summed E-state index contributed by atoms with van der Waals surface area (Å²) in [4.78, 5) is 0. The second kappa shape index (κ2) is 6.46. The Bertz CT molecular complexity index is 284. The van der Waals surface area contributed by atoms with Crippen molar-refractivity contribution >= 4 is 0 Å². The number of rotatable bonds is 6. The first kappa shape index (κ1) is 12.1. The summed E-state index contributed by atoms with van der Waals surface area (Å²) >= 11 is 0. The van der Waals surface area contributed by atoms with Gasteiger partial charge in [0.25, 0.3) is 0 Å². The number of aliphatic hydroxyl groups is 1. The fourth-order valence-corrected chi connectivity index (χ4v) is 1.60. The van der Waals surface area contributed by atoms with E-state index in [1.54, 1.807) is 7.11 Å². The molecule has 0 fully saturated rings. The van der Waals surface area contributed by atoms with E-state index in [4.69, 9.17) is 4.74 Å². The lowest BCUT2D eigenvalue weighted by Crippen LogP contribution is -1.97. The minimum absolute atomic E-state index is 0.355. The maximum Gasteiger partial charge on any atom is 0.119 e. The third kappa shape index (κ3) is 3.92. The van der Waals surface area contributed by atoms with E-state index < -0.39 is 0 Å². The van der Waals surface area contributed by atoms with Gasteiger partial charge in [0.1, 0.15) is 5.75 Å². The Balaban J connectivity index is 2.52. The van der Waals surface area contributed by atoms with Crippen LogP contribution in [0.2, 0.25) is 0 Å². The van der Waals surface area contributed by atoms with Crippen molar-refractivity contribution in [2.45, 2.75) is 38.7 Å². The van der Waals surface area contributed by atoms with Crippen LogP contribution in [0.1, 0.15) is 44.3 Å². The molecule has 2 nitrogen and oxygen atoms in total.